The van der Waals surface area contributed by atoms with E-state index >= 15 is 0 Å². The number of nitriles is 1. The fourth-order valence-electron chi connectivity index (χ4n) is 4.19. The molecule has 5 atom stereocenters. The van der Waals surface area contributed by atoms with E-state index in [1.54, 1.807) is 12.1 Å². The van der Waals surface area contributed by atoms with E-state index in [9.17, 15) is 24.4 Å². The van der Waals surface area contributed by atoms with Gasteiger partial charge < -0.3 is 18.9 Å². The predicted molar refractivity (Wildman–Crippen MR) is 125 cm³/mol. The van der Waals surface area contributed by atoms with E-state index < -0.39 is 53.3 Å². The number of fused-ring (bicyclic) bond motifs is 3. The molecule has 188 valence electrons. The van der Waals surface area contributed by atoms with Crippen LogP contribution in [-0.4, -0.2) is 57.6 Å². The Bertz CT molecular complexity index is 1320. The van der Waals surface area contributed by atoms with Crippen molar-refractivity contribution in [1.29, 1.82) is 5.26 Å². The number of aryl methyl sites for hydroxylation is 1. The second kappa shape index (κ2) is 10.1. The maximum absolute atomic E-state index is 13.5. The number of nitrogens with zero attached hydrogens (tertiary/aromatic N) is 3. The molecule has 4 rings (SSSR count). The molecule has 1 saturated heterocycles. The van der Waals surface area contributed by atoms with Crippen LogP contribution >= 0.6 is 11.8 Å². The molecule has 1 fully saturated rings. The number of carbonyl (C=O) groups is 3. The maximum atomic E-state index is 13.5. The summed E-state index contributed by atoms with van der Waals surface area (Å²) < 4.78 is 23.4. The average molecular weight is 514 g/mol. The van der Waals surface area contributed by atoms with Gasteiger partial charge in [-0.15, -0.1) is 0 Å². The van der Waals surface area contributed by atoms with Gasteiger partial charge in [0.1, 0.15) is 24.3 Å². The van der Waals surface area contributed by atoms with Crippen molar-refractivity contribution in [3.05, 3.63) is 45.7 Å². The molecule has 0 amide bonds. The minimum absolute atomic E-state index is 0.171. The highest BCUT2D eigenvalue weighted by Gasteiger charge is 2.55. The molecule has 0 N–H and O–H groups in total. The summed E-state index contributed by atoms with van der Waals surface area (Å²) in [7, 11) is 0. The van der Waals surface area contributed by atoms with Crippen LogP contribution in [-0.2, 0) is 33.3 Å². The second-order valence-electron chi connectivity index (χ2n) is 8.37. The summed E-state index contributed by atoms with van der Waals surface area (Å²) in [4.78, 5) is 53.4. The van der Waals surface area contributed by atoms with Crippen molar-refractivity contribution in [3.63, 3.8) is 0 Å². The van der Waals surface area contributed by atoms with Gasteiger partial charge in [-0.3, -0.25) is 23.7 Å². The zero-order valence-corrected chi connectivity index (χ0v) is 20.7. The van der Waals surface area contributed by atoms with Gasteiger partial charge in [-0.2, -0.15) is 5.26 Å². The Labute approximate surface area is 210 Å². The van der Waals surface area contributed by atoms with Crippen LogP contribution < -0.4 is 5.56 Å². The standard InChI is InChI=1S/C24H23N3O8S/c1-11-5-7-15(8-6-11)18-16(9-25)22(31)27-23-21(36-24(27)26-18)20(34-14(4)30)19(33-13(3)29)17(35-23)10-32-12(2)28/h5-8,17,19-21,23H,10H2,1-4H3/t17-,19-,20+,21+,23-/m1/s1. The molecule has 0 unspecified atom stereocenters. The number of aromatic nitrogens is 2. The summed E-state index contributed by atoms with van der Waals surface area (Å²) >= 11 is 1.11. The number of benzene rings is 1. The molecule has 3 heterocycles. The smallest absolute Gasteiger partial charge is 0.303 e. The van der Waals surface area contributed by atoms with Gasteiger partial charge in [0.25, 0.3) is 5.56 Å². The summed E-state index contributed by atoms with van der Waals surface area (Å²) in [6.07, 6.45) is -4.24. The van der Waals surface area contributed by atoms with Gasteiger partial charge in [0.15, 0.2) is 23.6 Å². The minimum Gasteiger partial charge on any atom is -0.463 e. The molecule has 1 aromatic heterocycles. The van der Waals surface area contributed by atoms with Crippen LogP contribution in [0, 0.1) is 18.3 Å². The molecule has 0 spiro atoms. The van der Waals surface area contributed by atoms with E-state index in [1.165, 1.54) is 25.3 Å². The third-order valence-electron chi connectivity index (χ3n) is 5.68. The number of ether oxygens (including phenoxy) is 4. The summed E-state index contributed by atoms with van der Waals surface area (Å²) in [6, 6.07) is 9.18. The lowest BCUT2D eigenvalue weighted by atomic mass is 9.99. The lowest BCUT2D eigenvalue weighted by Crippen LogP contribution is -2.58. The van der Waals surface area contributed by atoms with E-state index in [4.69, 9.17) is 18.9 Å². The van der Waals surface area contributed by atoms with E-state index in [0.717, 1.165) is 17.3 Å². The van der Waals surface area contributed by atoms with Crippen molar-refractivity contribution < 1.29 is 33.3 Å². The minimum atomic E-state index is -1.11. The first-order valence-electron chi connectivity index (χ1n) is 11.0. The Balaban J connectivity index is 1.82. The third kappa shape index (κ3) is 4.84. The quantitative estimate of drug-likeness (QED) is 0.328. The highest BCUT2D eigenvalue weighted by molar-refractivity contribution is 8.00. The van der Waals surface area contributed by atoms with Crippen LogP contribution in [0.3, 0.4) is 0 Å². The number of thioether (sulfide) groups is 1. The van der Waals surface area contributed by atoms with Crippen LogP contribution in [0.2, 0.25) is 0 Å². The molecule has 12 heteroatoms. The highest BCUT2D eigenvalue weighted by Crippen LogP contribution is 2.47. The van der Waals surface area contributed by atoms with Crippen LogP contribution in [0.5, 0.6) is 0 Å². The van der Waals surface area contributed by atoms with Crippen molar-refractivity contribution >= 4 is 29.7 Å². The lowest BCUT2D eigenvalue weighted by Gasteiger charge is -2.42. The van der Waals surface area contributed by atoms with Crippen molar-refractivity contribution in [2.75, 3.05) is 6.61 Å². The zero-order valence-electron chi connectivity index (χ0n) is 19.9. The lowest BCUT2D eigenvalue weighted by molar-refractivity contribution is -0.223. The Morgan fingerprint density at radius 3 is 2.31 bits per heavy atom. The van der Waals surface area contributed by atoms with Crippen LogP contribution in [0.4, 0.5) is 0 Å². The van der Waals surface area contributed by atoms with Crippen molar-refractivity contribution in [2.24, 2.45) is 0 Å². The molecule has 36 heavy (non-hydrogen) atoms. The molecule has 0 aliphatic carbocycles. The number of esters is 3. The normalized spacial score (nSPS) is 24.1. The maximum Gasteiger partial charge on any atom is 0.303 e. The van der Waals surface area contributed by atoms with E-state index in [2.05, 4.69) is 4.98 Å². The molecular formula is C24H23N3O8S. The van der Waals surface area contributed by atoms with Crippen molar-refractivity contribution in [1.82, 2.24) is 9.55 Å². The molecule has 0 bridgehead atoms. The Morgan fingerprint density at radius 2 is 1.72 bits per heavy atom. The van der Waals surface area contributed by atoms with Crippen LogP contribution in [0.1, 0.15) is 38.1 Å². The molecule has 1 aromatic carbocycles. The third-order valence-corrected chi connectivity index (χ3v) is 6.95. The monoisotopic (exact) mass is 513 g/mol. The van der Waals surface area contributed by atoms with Gasteiger partial charge in [-0.1, -0.05) is 41.6 Å². The summed E-state index contributed by atoms with van der Waals surface area (Å²) in [5, 5.41) is 9.33. The summed E-state index contributed by atoms with van der Waals surface area (Å²) in [6.45, 7) is 5.20. The van der Waals surface area contributed by atoms with Crippen LogP contribution in [0.15, 0.2) is 34.2 Å². The summed E-state index contributed by atoms with van der Waals surface area (Å²) in [5.41, 5.74) is 1.02. The molecule has 0 saturated carbocycles. The Kier molecular flexibility index (Phi) is 7.14. The number of hydrogen-bond acceptors (Lipinski definition) is 11. The first kappa shape index (κ1) is 25.4. The molecule has 2 aliphatic rings. The first-order valence-corrected chi connectivity index (χ1v) is 11.9. The van der Waals surface area contributed by atoms with Gasteiger partial charge >= 0.3 is 17.9 Å². The van der Waals surface area contributed by atoms with Gasteiger partial charge in [0.2, 0.25) is 0 Å². The van der Waals surface area contributed by atoms with E-state index in [-0.39, 0.29) is 23.0 Å². The molecule has 11 nitrogen and oxygen atoms in total. The van der Waals surface area contributed by atoms with Gasteiger partial charge in [-0.25, -0.2) is 4.98 Å². The second-order valence-corrected chi connectivity index (χ2v) is 9.51. The Hall–Kier alpha value is -3.69. The fourth-order valence-corrected chi connectivity index (χ4v) is 5.52. The van der Waals surface area contributed by atoms with E-state index in [1.807, 2.05) is 25.1 Å². The largest absolute Gasteiger partial charge is 0.463 e. The number of rotatable bonds is 5. The number of carbonyl (C=O) groups excluding carboxylic acids is 3. The van der Waals surface area contributed by atoms with Crippen molar-refractivity contribution in [3.8, 4) is 17.3 Å². The topological polar surface area (TPSA) is 147 Å². The fraction of sp³-hybridized carbons (Fsp3) is 0.417. The Morgan fingerprint density at radius 1 is 1.08 bits per heavy atom. The number of hydrogen-bond donors (Lipinski definition) is 0. The van der Waals surface area contributed by atoms with Crippen molar-refractivity contribution in [2.45, 2.75) is 62.6 Å². The van der Waals surface area contributed by atoms with Gasteiger partial charge in [0, 0.05) is 26.3 Å². The van der Waals surface area contributed by atoms with Gasteiger partial charge in [0.05, 0.1) is 10.9 Å². The zero-order chi connectivity index (χ0) is 26.1. The van der Waals surface area contributed by atoms with E-state index in [0.29, 0.717) is 5.56 Å². The summed E-state index contributed by atoms with van der Waals surface area (Å²) in [5.74, 6) is -1.89. The first-order chi connectivity index (χ1) is 17.1. The van der Waals surface area contributed by atoms with Gasteiger partial charge in [-0.05, 0) is 6.92 Å². The predicted octanol–water partition coefficient (Wildman–Crippen LogP) is 1.89. The molecule has 2 aliphatic heterocycles. The molecular weight excluding hydrogens is 490 g/mol. The molecule has 0 radical (unpaired) electrons. The molecule has 2 aromatic rings. The average Bonchev–Trinajstić information content (AvgIpc) is 3.17. The SMILES string of the molecule is CC(=O)OC[C@H]1O[C@@H]2[C@@H](Sc3nc(-c4ccc(C)cc4)c(C#N)c(=O)n32)[C@@H](OC(C)=O)[C@@H]1OC(C)=O. The highest BCUT2D eigenvalue weighted by atomic mass is 32.2. The van der Waals surface area contributed by atoms with Crippen LogP contribution in [0.25, 0.3) is 11.3 Å².